The van der Waals surface area contributed by atoms with E-state index in [0.717, 1.165) is 11.1 Å². The normalized spacial score (nSPS) is 25.4. The van der Waals surface area contributed by atoms with Crippen molar-refractivity contribution in [1.82, 2.24) is 0 Å². The molecule has 0 bridgehead atoms. The Morgan fingerprint density at radius 3 is 2.33 bits per heavy atom. The molecule has 3 unspecified atom stereocenters. The van der Waals surface area contributed by atoms with Gasteiger partial charge < -0.3 is 0 Å². The first kappa shape index (κ1) is 13.0. The van der Waals surface area contributed by atoms with Crippen molar-refractivity contribution >= 4 is 14.8 Å². The molecule has 2 aromatic carbocycles. The number of benzene rings is 2. The molecule has 0 aliphatic heterocycles. The van der Waals surface area contributed by atoms with E-state index in [1.54, 1.807) is 0 Å². The summed E-state index contributed by atoms with van der Waals surface area (Å²) in [6.45, 7) is 4.23. The molecule has 3 rings (SSSR count). The van der Waals surface area contributed by atoms with Crippen LogP contribution in [0.2, 0.25) is 0 Å². The van der Waals surface area contributed by atoms with Crippen LogP contribution in [-0.4, -0.2) is 5.64 Å². The minimum atomic E-state index is -0.757. The first-order valence-corrected chi connectivity index (χ1v) is 7.89. The van der Waals surface area contributed by atoms with E-state index in [9.17, 15) is 0 Å². The van der Waals surface area contributed by atoms with Gasteiger partial charge in [-0.2, -0.15) is 0 Å². The van der Waals surface area contributed by atoms with Gasteiger partial charge >= 0.3 is 0 Å². The molecule has 0 N–H and O–H groups in total. The third kappa shape index (κ3) is 2.74. The van der Waals surface area contributed by atoms with E-state index in [0.29, 0.717) is 0 Å². The lowest BCUT2D eigenvalue weighted by molar-refractivity contribution is 0.873. The Labute approximate surface area is 131 Å². The van der Waals surface area contributed by atoms with E-state index in [1.807, 2.05) is 12.1 Å². The van der Waals surface area contributed by atoms with Crippen molar-refractivity contribution in [2.45, 2.75) is 25.4 Å². The summed E-state index contributed by atoms with van der Waals surface area (Å²) in [6.07, 6.45) is 6.32. The standard InChI is InChI=1S/C20H21P/c1-14-8-3-5-10-16(14)18-12-7-13-19(20(18)21)17-11-6-4-9-15(17)2/h3-13,18,20H,21H2,1-2H3/i20D. The molecule has 2 aromatic rings. The van der Waals surface area contributed by atoms with Crippen molar-refractivity contribution in [1.29, 1.82) is 0 Å². The number of hydrogen-bond donors (Lipinski definition) is 0. The Morgan fingerprint density at radius 2 is 1.62 bits per heavy atom. The lowest BCUT2D eigenvalue weighted by Gasteiger charge is -2.29. The zero-order chi connectivity index (χ0) is 15.7. The number of allylic oxidation sites excluding steroid dienone is 4. The van der Waals surface area contributed by atoms with Crippen molar-refractivity contribution < 1.29 is 1.37 Å². The topological polar surface area (TPSA) is 0 Å². The molecule has 106 valence electrons. The molecule has 1 aliphatic rings. The molecule has 0 nitrogen and oxygen atoms in total. The summed E-state index contributed by atoms with van der Waals surface area (Å²) in [7, 11) is 2.78. The monoisotopic (exact) mass is 293 g/mol. The minimum Gasteiger partial charge on any atom is -0.129 e. The molecule has 0 saturated heterocycles. The van der Waals surface area contributed by atoms with E-state index < -0.39 is 5.64 Å². The van der Waals surface area contributed by atoms with Gasteiger partial charge in [-0.3, -0.25) is 0 Å². The largest absolute Gasteiger partial charge is 0.129 e. The summed E-state index contributed by atoms with van der Waals surface area (Å²) in [5.41, 5.74) is 5.14. The fourth-order valence-corrected chi connectivity index (χ4v) is 3.50. The summed E-state index contributed by atoms with van der Waals surface area (Å²) in [6, 6.07) is 16.7. The molecule has 0 saturated carbocycles. The first-order valence-electron chi connectivity index (χ1n) is 7.81. The predicted octanol–water partition coefficient (Wildman–Crippen LogP) is 5.28. The SMILES string of the molecule is [2H]C1(P)C(c2ccccc2C)=CC=CC1c1ccccc1C. The highest BCUT2D eigenvalue weighted by Gasteiger charge is 2.25. The van der Waals surface area contributed by atoms with Crippen LogP contribution >= 0.6 is 9.24 Å². The van der Waals surface area contributed by atoms with E-state index in [4.69, 9.17) is 1.37 Å². The minimum absolute atomic E-state index is 0.0401. The predicted molar refractivity (Wildman–Crippen MR) is 95.7 cm³/mol. The summed E-state index contributed by atoms with van der Waals surface area (Å²) in [4.78, 5) is 0. The highest BCUT2D eigenvalue weighted by atomic mass is 31.0. The maximum Gasteiger partial charge on any atom is 0.0406 e. The number of aryl methyl sites for hydroxylation is 2. The van der Waals surface area contributed by atoms with Gasteiger partial charge in [0.05, 0.1) is 0 Å². The molecular weight excluding hydrogens is 271 g/mol. The fraction of sp³-hybridized carbons (Fsp3) is 0.200. The smallest absolute Gasteiger partial charge is 0.0406 e. The molecule has 0 fully saturated rings. The van der Waals surface area contributed by atoms with Gasteiger partial charge in [-0.1, -0.05) is 66.8 Å². The zero-order valence-corrected chi connectivity index (χ0v) is 13.7. The molecule has 21 heavy (non-hydrogen) atoms. The molecule has 1 heteroatoms. The fourth-order valence-electron chi connectivity index (χ4n) is 2.96. The van der Waals surface area contributed by atoms with Crippen molar-refractivity contribution in [2.24, 2.45) is 0 Å². The quantitative estimate of drug-likeness (QED) is 0.660. The van der Waals surface area contributed by atoms with Crippen LogP contribution in [0.4, 0.5) is 0 Å². The first-order chi connectivity index (χ1) is 10.5. The maximum absolute atomic E-state index is 9.05. The molecular formula is C20H21P. The Kier molecular flexibility index (Phi) is 3.72. The van der Waals surface area contributed by atoms with Crippen LogP contribution in [0.25, 0.3) is 5.57 Å². The maximum atomic E-state index is 9.05. The molecule has 0 amide bonds. The van der Waals surface area contributed by atoms with Crippen LogP contribution in [0.3, 0.4) is 0 Å². The third-order valence-corrected chi connectivity index (χ3v) is 4.84. The van der Waals surface area contributed by atoms with Crippen LogP contribution in [0.5, 0.6) is 0 Å². The van der Waals surface area contributed by atoms with Crippen LogP contribution in [0.1, 0.15) is 29.5 Å². The van der Waals surface area contributed by atoms with Crippen LogP contribution in [0.15, 0.2) is 66.8 Å². The van der Waals surface area contributed by atoms with Crippen LogP contribution in [-0.2, 0) is 0 Å². The lowest BCUT2D eigenvalue weighted by Crippen LogP contribution is -2.16. The number of rotatable bonds is 2. The van der Waals surface area contributed by atoms with E-state index in [2.05, 4.69) is 77.7 Å². The molecule has 0 radical (unpaired) electrons. The van der Waals surface area contributed by atoms with Gasteiger partial charge in [-0.25, -0.2) is 0 Å². The van der Waals surface area contributed by atoms with E-state index in [-0.39, 0.29) is 5.92 Å². The lowest BCUT2D eigenvalue weighted by atomic mass is 9.82. The van der Waals surface area contributed by atoms with Crippen molar-refractivity contribution in [3.05, 3.63) is 89.0 Å². The highest BCUT2D eigenvalue weighted by molar-refractivity contribution is 7.18. The van der Waals surface area contributed by atoms with Gasteiger partial charge in [0.1, 0.15) is 0 Å². The summed E-state index contributed by atoms with van der Waals surface area (Å²) in [5.74, 6) is 0.0401. The van der Waals surface area contributed by atoms with Crippen LogP contribution in [0, 0.1) is 13.8 Å². The average Bonchev–Trinajstić information content (AvgIpc) is 2.49. The van der Waals surface area contributed by atoms with Crippen LogP contribution < -0.4 is 0 Å². The number of hydrogen-bond acceptors (Lipinski definition) is 0. The molecule has 0 spiro atoms. The van der Waals surface area contributed by atoms with Gasteiger partial charge in [0.25, 0.3) is 0 Å². The van der Waals surface area contributed by atoms with Gasteiger partial charge in [-0.05, 0) is 41.7 Å². The second-order valence-electron chi connectivity index (χ2n) is 5.57. The van der Waals surface area contributed by atoms with E-state index in [1.165, 1.54) is 16.7 Å². The summed E-state index contributed by atoms with van der Waals surface area (Å²) in [5, 5.41) is 0. The average molecular weight is 293 g/mol. The zero-order valence-electron chi connectivity index (χ0n) is 13.5. The Morgan fingerprint density at radius 1 is 0.952 bits per heavy atom. The third-order valence-electron chi connectivity index (χ3n) is 4.17. The van der Waals surface area contributed by atoms with Gasteiger partial charge in [0.2, 0.25) is 0 Å². The summed E-state index contributed by atoms with van der Waals surface area (Å²) >= 11 is 0. The van der Waals surface area contributed by atoms with Gasteiger partial charge in [0.15, 0.2) is 0 Å². The molecule has 0 aromatic heterocycles. The second-order valence-corrected chi connectivity index (χ2v) is 6.19. The highest BCUT2D eigenvalue weighted by Crippen LogP contribution is 2.40. The Hall–Kier alpha value is -1.65. The van der Waals surface area contributed by atoms with Crippen molar-refractivity contribution in [3.63, 3.8) is 0 Å². The molecule has 0 heterocycles. The Balaban J connectivity index is 2.09. The van der Waals surface area contributed by atoms with Crippen molar-refractivity contribution in [3.8, 4) is 0 Å². The van der Waals surface area contributed by atoms with Gasteiger partial charge in [0, 0.05) is 12.9 Å². The molecule has 3 atom stereocenters. The Bertz CT molecular complexity index is 756. The molecule has 1 aliphatic carbocycles. The van der Waals surface area contributed by atoms with Crippen molar-refractivity contribution in [2.75, 3.05) is 0 Å². The van der Waals surface area contributed by atoms with E-state index >= 15 is 0 Å². The second kappa shape index (κ2) is 6.00. The van der Waals surface area contributed by atoms with Gasteiger partial charge in [-0.15, -0.1) is 9.24 Å². The summed E-state index contributed by atoms with van der Waals surface area (Å²) < 4.78 is 9.05.